The maximum atomic E-state index is 12.0. The van der Waals surface area contributed by atoms with Crippen molar-refractivity contribution in [1.82, 2.24) is 4.98 Å². The molecule has 1 aromatic carbocycles. The Kier molecular flexibility index (Phi) is 4.18. The van der Waals surface area contributed by atoms with Gasteiger partial charge in [-0.15, -0.1) is 0 Å². The third kappa shape index (κ3) is 3.56. The van der Waals surface area contributed by atoms with Crippen molar-refractivity contribution in [3.05, 3.63) is 53.3 Å². The van der Waals surface area contributed by atoms with E-state index in [9.17, 15) is 9.59 Å². The largest absolute Gasteiger partial charge is 0.478 e. The van der Waals surface area contributed by atoms with Crippen LogP contribution >= 0.6 is 0 Å². The monoisotopic (exact) mass is 285 g/mol. The summed E-state index contributed by atoms with van der Waals surface area (Å²) in [7, 11) is 0. The molecule has 1 heterocycles. The number of aromatic carboxylic acids is 1. The third-order valence-corrected chi connectivity index (χ3v) is 3.02. The molecule has 21 heavy (non-hydrogen) atoms. The van der Waals surface area contributed by atoms with E-state index >= 15 is 0 Å². The van der Waals surface area contributed by atoms with Crippen molar-refractivity contribution in [2.24, 2.45) is 0 Å². The number of carboxylic acid groups (broad SMARTS) is 1. The van der Waals surface area contributed by atoms with E-state index in [1.165, 1.54) is 12.1 Å². The van der Waals surface area contributed by atoms with Gasteiger partial charge in [-0.25, -0.2) is 9.59 Å². The Labute approximate surface area is 121 Å². The lowest BCUT2D eigenvalue weighted by molar-refractivity contribution is 0.0697. The summed E-state index contributed by atoms with van der Waals surface area (Å²) in [6.45, 7) is 3.64. The number of carboxylic acids is 1. The van der Waals surface area contributed by atoms with Gasteiger partial charge in [-0.1, -0.05) is 6.07 Å². The average Bonchev–Trinajstić information content (AvgIpc) is 2.43. The van der Waals surface area contributed by atoms with Crippen molar-refractivity contribution >= 4 is 23.4 Å². The molecule has 0 unspecified atom stereocenters. The Morgan fingerprint density at radius 2 is 1.71 bits per heavy atom. The summed E-state index contributed by atoms with van der Waals surface area (Å²) in [4.78, 5) is 26.9. The van der Waals surface area contributed by atoms with Crippen molar-refractivity contribution in [3.63, 3.8) is 0 Å². The molecular formula is C15H15N3O3. The van der Waals surface area contributed by atoms with E-state index in [0.717, 1.165) is 11.1 Å². The second-order valence-corrected chi connectivity index (χ2v) is 4.60. The van der Waals surface area contributed by atoms with Crippen LogP contribution in [-0.4, -0.2) is 22.1 Å². The van der Waals surface area contributed by atoms with Crippen LogP contribution in [0.5, 0.6) is 0 Å². The Morgan fingerprint density at radius 3 is 2.38 bits per heavy atom. The number of nitrogens with zero attached hydrogens (tertiary/aromatic N) is 1. The van der Waals surface area contributed by atoms with Gasteiger partial charge in [0.05, 0.1) is 17.4 Å². The number of hydrogen-bond acceptors (Lipinski definition) is 3. The standard InChI is InChI=1S/C15H15N3O3/c1-9-3-4-11(14(19)20)7-12(9)17-15(21)18-13-8-16-6-5-10(13)2/h3-8H,1-2H3,(H,19,20)(H2,17,18,21). The molecule has 108 valence electrons. The molecule has 1 aromatic heterocycles. The predicted octanol–water partition coefficient (Wildman–Crippen LogP) is 3.04. The van der Waals surface area contributed by atoms with Gasteiger partial charge in [-0.3, -0.25) is 4.98 Å². The van der Waals surface area contributed by atoms with Gasteiger partial charge in [0, 0.05) is 11.9 Å². The number of aromatic nitrogens is 1. The number of amides is 2. The van der Waals surface area contributed by atoms with Crippen LogP contribution in [0.15, 0.2) is 36.7 Å². The summed E-state index contributed by atoms with van der Waals surface area (Å²) in [6, 6.07) is 5.90. The minimum Gasteiger partial charge on any atom is -0.478 e. The number of hydrogen-bond donors (Lipinski definition) is 3. The summed E-state index contributed by atoms with van der Waals surface area (Å²) in [5.41, 5.74) is 2.83. The number of rotatable bonds is 3. The van der Waals surface area contributed by atoms with Crippen molar-refractivity contribution in [3.8, 4) is 0 Å². The van der Waals surface area contributed by atoms with Crippen LogP contribution in [0.1, 0.15) is 21.5 Å². The zero-order chi connectivity index (χ0) is 15.4. The average molecular weight is 285 g/mol. The summed E-state index contributed by atoms with van der Waals surface area (Å²) >= 11 is 0. The highest BCUT2D eigenvalue weighted by Gasteiger charge is 2.10. The van der Waals surface area contributed by atoms with Crippen LogP contribution in [-0.2, 0) is 0 Å². The maximum absolute atomic E-state index is 12.0. The quantitative estimate of drug-likeness (QED) is 0.808. The maximum Gasteiger partial charge on any atom is 0.335 e. The molecule has 3 N–H and O–H groups in total. The Hall–Kier alpha value is -2.89. The lowest BCUT2D eigenvalue weighted by Crippen LogP contribution is -2.20. The second-order valence-electron chi connectivity index (χ2n) is 4.60. The zero-order valence-electron chi connectivity index (χ0n) is 11.7. The van der Waals surface area contributed by atoms with E-state index in [0.29, 0.717) is 11.4 Å². The molecule has 0 aliphatic heterocycles. The molecule has 0 atom stereocenters. The van der Waals surface area contributed by atoms with Crippen LogP contribution in [0.25, 0.3) is 0 Å². The summed E-state index contributed by atoms with van der Waals surface area (Å²) in [6.07, 6.45) is 3.19. The fourth-order valence-corrected chi connectivity index (χ4v) is 1.76. The van der Waals surface area contributed by atoms with Gasteiger partial charge in [0.25, 0.3) is 0 Å². The van der Waals surface area contributed by atoms with Crippen LogP contribution in [0.3, 0.4) is 0 Å². The van der Waals surface area contributed by atoms with Gasteiger partial charge >= 0.3 is 12.0 Å². The van der Waals surface area contributed by atoms with Crippen LogP contribution in [0.4, 0.5) is 16.2 Å². The molecule has 2 amide bonds. The second kappa shape index (κ2) is 6.04. The summed E-state index contributed by atoms with van der Waals surface area (Å²) < 4.78 is 0. The van der Waals surface area contributed by atoms with Gasteiger partial charge in [-0.2, -0.15) is 0 Å². The number of pyridine rings is 1. The fourth-order valence-electron chi connectivity index (χ4n) is 1.76. The highest BCUT2D eigenvalue weighted by atomic mass is 16.4. The molecule has 2 aromatic rings. The molecule has 0 bridgehead atoms. The van der Waals surface area contributed by atoms with Crippen molar-refractivity contribution in [2.45, 2.75) is 13.8 Å². The molecule has 0 aliphatic rings. The minimum atomic E-state index is -1.04. The smallest absolute Gasteiger partial charge is 0.335 e. The van der Waals surface area contributed by atoms with E-state index < -0.39 is 12.0 Å². The van der Waals surface area contributed by atoms with Gasteiger partial charge < -0.3 is 15.7 Å². The van der Waals surface area contributed by atoms with E-state index in [1.807, 2.05) is 6.92 Å². The van der Waals surface area contributed by atoms with Gasteiger partial charge in [0.2, 0.25) is 0 Å². The molecule has 0 saturated heterocycles. The van der Waals surface area contributed by atoms with Crippen molar-refractivity contribution in [1.29, 1.82) is 0 Å². The summed E-state index contributed by atoms with van der Waals surface area (Å²) in [5.74, 6) is -1.04. The Bertz CT molecular complexity index is 698. The number of carbonyl (C=O) groups excluding carboxylic acids is 1. The van der Waals surface area contributed by atoms with Crippen LogP contribution in [0.2, 0.25) is 0 Å². The molecule has 0 aliphatic carbocycles. The molecule has 6 nitrogen and oxygen atoms in total. The van der Waals surface area contributed by atoms with E-state index in [2.05, 4.69) is 15.6 Å². The van der Waals surface area contributed by atoms with E-state index in [-0.39, 0.29) is 5.56 Å². The summed E-state index contributed by atoms with van der Waals surface area (Å²) in [5, 5.41) is 14.3. The highest BCUT2D eigenvalue weighted by molar-refractivity contribution is 6.01. The Morgan fingerprint density at radius 1 is 1.05 bits per heavy atom. The number of carbonyl (C=O) groups is 2. The highest BCUT2D eigenvalue weighted by Crippen LogP contribution is 2.18. The van der Waals surface area contributed by atoms with Gasteiger partial charge in [0.1, 0.15) is 0 Å². The van der Waals surface area contributed by atoms with Crippen LogP contribution in [0, 0.1) is 13.8 Å². The number of aryl methyl sites for hydroxylation is 2. The number of urea groups is 1. The molecule has 2 rings (SSSR count). The molecule has 0 fully saturated rings. The molecule has 6 heteroatoms. The molecule has 0 radical (unpaired) electrons. The number of nitrogens with one attached hydrogen (secondary N) is 2. The SMILES string of the molecule is Cc1ccncc1NC(=O)Nc1cc(C(=O)O)ccc1C. The fraction of sp³-hybridized carbons (Fsp3) is 0.133. The first-order valence-corrected chi connectivity index (χ1v) is 6.30. The normalized spacial score (nSPS) is 10.0. The predicted molar refractivity (Wildman–Crippen MR) is 79.8 cm³/mol. The first kappa shape index (κ1) is 14.5. The topological polar surface area (TPSA) is 91.3 Å². The zero-order valence-corrected chi connectivity index (χ0v) is 11.7. The number of benzene rings is 1. The van der Waals surface area contributed by atoms with Gasteiger partial charge in [-0.05, 0) is 43.2 Å². The van der Waals surface area contributed by atoms with Gasteiger partial charge in [0.15, 0.2) is 0 Å². The third-order valence-electron chi connectivity index (χ3n) is 3.02. The Balaban J connectivity index is 2.15. The molecule has 0 saturated carbocycles. The van der Waals surface area contributed by atoms with Crippen molar-refractivity contribution < 1.29 is 14.7 Å². The lowest BCUT2D eigenvalue weighted by atomic mass is 10.1. The van der Waals surface area contributed by atoms with Crippen molar-refractivity contribution in [2.75, 3.05) is 10.6 Å². The van der Waals surface area contributed by atoms with E-state index in [1.54, 1.807) is 31.5 Å². The molecular weight excluding hydrogens is 270 g/mol. The molecule has 0 spiro atoms. The minimum absolute atomic E-state index is 0.119. The van der Waals surface area contributed by atoms with E-state index in [4.69, 9.17) is 5.11 Å². The number of anilines is 2. The lowest BCUT2D eigenvalue weighted by Gasteiger charge is -2.11. The van der Waals surface area contributed by atoms with Crippen LogP contribution < -0.4 is 10.6 Å². The first-order valence-electron chi connectivity index (χ1n) is 6.30. The first-order chi connectivity index (χ1) is 9.97.